The highest BCUT2D eigenvalue weighted by Gasteiger charge is 2.07. The monoisotopic (exact) mass is 255 g/mol. The van der Waals surface area contributed by atoms with Crippen LogP contribution in [0.5, 0.6) is 0 Å². The average molecular weight is 256 g/mol. The van der Waals surface area contributed by atoms with Gasteiger partial charge in [-0.1, -0.05) is 0 Å². The van der Waals surface area contributed by atoms with E-state index in [2.05, 4.69) is 26.0 Å². The van der Waals surface area contributed by atoms with Crippen molar-refractivity contribution in [2.24, 2.45) is 7.05 Å². The smallest absolute Gasteiger partial charge is 0.136 e. The summed E-state index contributed by atoms with van der Waals surface area (Å²) >= 11 is 3.30. The van der Waals surface area contributed by atoms with Crippen LogP contribution in [-0.2, 0) is 13.6 Å². The van der Waals surface area contributed by atoms with Crippen LogP contribution >= 0.6 is 15.9 Å². The highest BCUT2D eigenvalue weighted by atomic mass is 79.9. The Balaban J connectivity index is 2.27. The minimum atomic E-state index is 0.584. The van der Waals surface area contributed by atoms with Crippen LogP contribution in [0, 0.1) is 0 Å². The van der Waals surface area contributed by atoms with Gasteiger partial charge in [0.15, 0.2) is 0 Å². The molecule has 2 heterocycles. The number of rotatable bonds is 2. The summed E-state index contributed by atoms with van der Waals surface area (Å²) in [5.74, 6) is 1.54. The van der Waals surface area contributed by atoms with E-state index in [0.29, 0.717) is 12.4 Å². The van der Waals surface area contributed by atoms with E-state index < -0.39 is 0 Å². The Labute approximate surface area is 89.7 Å². The Morgan fingerprint density at radius 3 is 2.86 bits per heavy atom. The molecular formula is C8H10BrN5. The maximum absolute atomic E-state index is 5.79. The molecule has 0 saturated carbocycles. The molecule has 2 aromatic heterocycles. The molecule has 2 N–H and O–H groups in total. The van der Waals surface area contributed by atoms with Crippen molar-refractivity contribution in [2.45, 2.75) is 6.54 Å². The summed E-state index contributed by atoms with van der Waals surface area (Å²) in [6.45, 7) is 0.584. The lowest BCUT2D eigenvalue weighted by Crippen LogP contribution is -2.09. The molecule has 0 aliphatic heterocycles. The Morgan fingerprint density at radius 1 is 1.57 bits per heavy atom. The van der Waals surface area contributed by atoms with Crippen LogP contribution in [0.3, 0.4) is 0 Å². The number of nitrogens with zero attached hydrogens (tertiary/aromatic N) is 4. The molecule has 0 atom stereocenters. The second-order valence-corrected chi connectivity index (χ2v) is 3.84. The molecule has 0 aliphatic carbocycles. The molecule has 0 bridgehead atoms. The maximum Gasteiger partial charge on any atom is 0.136 e. The molecule has 0 fully saturated rings. The number of halogens is 1. The van der Waals surface area contributed by atoms with Gasteiger partial charge in [0.05, 0.1) is 10.7 Å². The first kappa shape index (κ1) is 9.26. The van der Waals surface area contributed by atoms with Gasteiger partial charge in [-0.3, -0.25) is 0 Å². The van der Waals surface area contributed by atoms with E-state index in [-0.39, 0.29) is 0 Å². The van der Waals surface area contributed by atoms with E-state index in [1.54, 1.807) is 17.1 Å². The highest BCUT2D eigenvalue weighted by Crippen LogP contribution is 2.18. The van der Waals surface area contributed by atoms with Crippen molar-refractivity contribution in [3.8, 4) is 0 Å². The summed E-state index contributed by atoms with van der Waals surface area (Å²) in [4.78, 5) is 4.19. The van der Waals surface area contributed by atoms with Crippen LogP contribution in [0.25, 0.3) is 0 Å². The highest BCUT2D eigenvalue weighted by molar-refractivity contribution is 9.10. The van der Waals surface area contributed by atoms with Crippen molar-refractivity contribution in [1.82, 2.24) is 19.3 Å². The molecule has 5 nitrogen and oxygen atoms in total. The Kier molecular flexibility index (Phi) is 2.28. The molecule has 74 valence electrons. The van der Waals surface area contributed by atoms with Gasteiger partial charge in [0.2, 0.25) is 0 Å². The molecular weight excluding hydrogens is 246 g/mol. The first-order chi connectivity index (χ1) is 6.68. The van der Waals surface area contributed by atoms with E-state index in [1.807, 2.05) is 17.8 Å². The standard InChI is InChI=1S/C8H10BrN5/c1-13-3-2-11-7(13)5-14-8(10)6(9)4-12-14/h2-4H,5,10H2,1H3. The minimum Gasteiger partial charge on any atom is -0.383 e. The van der Waals surface area contributed by atoms with Crippen molar-refractivity contribution in [2.75, 3.05) is 5.73 Å². The quantitative estimate of drug-likeness (QED) is 0.872. The van der Waals surface area contributed by atoms with E-state index in [1.165, 1.54) is 0 Å². The van der Waals surface area contributed by atoms with Crippen molar-refractivity contribution >= 4 is 21.7 Å². The first-order valence-electron chi connectivity index (χ1n) is 4.11. The third-order valence-corrected chi connectivity index (χ3v) is 2.66. The lowest BCUT2D eigenvalue weighted by Gasteiger charge is -2.03. The molecule has 0 spiro atoms. The van der Waals surface area contributed by atoms with Crippen LogP contribution in [0.4, 0.5) is 5.82 Å². The normalized spacial score (nSPS) is 10.7. The number of imidazole rings is 1. The van der Waals surface area contributed by atoms with Gasteiger partial charge >= 0.3 is 0 Å². The third-order valence-electron chi connectivity index (χ3n) is 2.05. The fraction of sp³-hybridized carbons (Fsp3) is 0.250. The lowest BCUT2D eigenvalue weighted by molar-refractivity contribution is 0.639. The fourth-order valence-corrected chi connectivity index (χ4v) is 1.48. The maximum atomic E-state index is 5.79. The van der Waals surface area contributed by atoms with Crippen molar-refractivity contribution in [3.05, 3.63) is 28.9 Å². The molecule has 0 saturated heterocycles. The van der Waals surface area contributed by atoms with Gasteiger partial charge in [-0.05, 0) is 15.9 Å². The van der Waals surface area contributed by atoms with E-state index in [4.69, 9.17) is 5.73 Å². The molecule has 14 heavy (non-hydrogen) atoms. The number of anilines is 1. The average Bonchev–Trinajstić information content (AvgIpc) is 2.68. The third kappa shape index (κ3) is 1.52. The predicted molar refractivity (Wildman–Crippen MR) is 56.6 cm³/mol. The molecule has 2 aromatic rings. The van der Waals surface area contributed by atoms with Crippen LogP contribution in [0.2, 0.25) is 0 Å². The van der Waals surface area contributed by atoms with Crippen molar-refractivity contribution < 1.29 is 0 Å². The topological polar surface area (TPSA) is 61.7 Å². The van der Waals surface area contributed by atoms with Crippen LogP contribution < -0.4 is 5.73 Å². The van der Waals surface area contributed by atoms with Crippen LogP contribution in [0.1, 0.15) is 5.82 Å². The molecule has 0 unspecified atom stereocenters. The second-order valence-electron chi connectivity index (χ2n) is 2.99. The molecule has 0 amide bonds. The summed E-state index contributed by atoms with van der Waals surface area (Å²) in [6.07, 6.45) is 5.33. The van der Waals surface area contributed by atoms with E-state index >= 15 is 0 Å². The van der Waals surface area contributed by atoms with E-state index in [9.17, 15) is 0 Å². The lowest BCUT2D eigenvalue weighted by atomic mass is 10.5. The Bertz CT molecular complexity index is 444. The summed E-state index contributed by atoms with van der Waals surface area (Å²) in [5.41, 5.74) is 5.79. The molecule has 0 aliphatic rings. The molecule has 2 rings (SSSR count). The second kappa shape index (κ2) is 3.45. The van der Waals surface area contributed by atoms with Gasteiger partial charge in [0.25, 0.3) is 0 Å². The Morgan fingerprint density at radius 2 is 2.36 bits per heavy atom. The SMILES string of the molecule is Cn1ccnc1Cn1ncc(Br)c1N. The number of hydrogen-bond donors (Lipinski definition) is 1. The van der Waals surface area contributed by atoms with E-state index in [0.717, 1.165) is 10.3 Å². The fourth-order valence-electron chi connectivity index (χ4n) is 1.18. The minimum absolute atomic E-state index is 0.584. The van der Waals surface area contributed by atoms with Crippen molar-refractivity contribution in [1.29, 1.82) is 0 Å². The van der Waals surface area contributed by atoms with Gasteiger partial charge < -0.3 is 10.3 Å². The number of aryl methyl sites for hydroxylation is 1. The first-order valence-corrected chi connectivity index (χ1v) is 4.91. The molecule has 0 aromatic carbocycles. The summed E-state index contributed by atoms with van der Waals surface area (Å²) in [7, 11) is 1.94. The zero-order valence-corrected chi connectivity index (χ0v) is 9.27. The summed E-state index contributed by atoms with van der Waals surface area (Å²) in [6, 6.07) is 0. The zero-order chi connectivity index (χ0) is 10.1. The van der Waals surface area contributed by atoms with Gasteiger partial charge in [0.1, 0.15) is 18.2 Å². The van der Waals surface area contributed by atoms with Gasteiger partial charge in [-0.15, -0.1) is 0 Å². The van der Waals surface area contributed by atoms with Gasteiger partial charge in [0, 0.05) is 19.4 Å². The number of hydrogen-bond acceptors (Lipinski definition) is 3. The van der Waals surface area contributed by atoms with Crippen LogP contribution in [0.15, 0.2) is 23.1 Å². The number of nitrogen functional groups attached to an aromatic ring is 1. The van der Waals surface area contributed by atoms with Crippen molar-refractivity contribution in [3.63, 3.8) is 0 Å². The summed E-state index contributed by atoms with van der Waals surface area (Å²) < 4.78 is 4.45. The van der Waals surface area contributed by atoms with Gasteiger partial charge in [-0.2, -0.15) is 5.10 Å². The molecule has 6 heteroatoms. The van der Waals surface area contributed by atoms with Gasteiger partial charge in [-0.25, -0.2) is 9.67 Å². The predicted octanol–water partition coefficient (Wildman–Crippen LogP) is 1.01. The largest absolute Gasteiger partial charge is 0.383 e. The zero-order valence-electron chi connectivity index (χ0n) is 7.68. The Hall–Kier alpha value is -1.30. The number of nitrogens with two attached hydrogens (primary N) is 1. The summed E-state index contributed by atoms with van der Waals surface area (Å²) in [5, 5.41) is 4.12. The molecule has 0 radical (unpaired) electrons. The number of aromatic nitrogens is 4. The van der Waals surface area contributed by atoms with Crippen LogP contribution in [-0.4, -0.2) is 19.3 Å².